The highest BCUT2D eigenvalue weighted by Gasteiger charge is 2.23. The number of halogens is 1. The van der Waals surface area contributed by atoms with Crippen LogP contribution in [0.25, 0.3) is 0 Å². The number of nitrogens with zero attached hydrogens (tertiary/aromatic N) is 1. The van der Waals surface area contributed by atoms with E-state index in [1.807, 2.05) is 0 Å². The number of anilines is 1. The van der Waals surface area contributed by atoms with Gasteiger partial charge in [-0.15, -0.1) is 0 Å². The van der Waals surface area contributed by atoms with Crippen molar-refractivity contribution in [3.8, 4) is 0 Å². The quantitative estimate of drug-likeness (QED) is 0.825. The van der Waals surface area contributed by atoms with Crippen LogP contribution in [0.1, 0.15) is 18.4 Å². The van der Waals surface area contributed by atoms with E-state index < -0.39 is 10.0 Å². The molecule has 0 spiro atoms. The Labute approximate surface area is 148 Å². The maximum absolute atomic E-state index is 12.1. The van der Waals surface area contributed by atoms with E-state index in [1.165, 1.54) is 4.31 Å². The minimum Gasteiger partial charge on any atom is -0.381 e. The summed E-state index contributed by atoms with van der Waals surface area (Å²) in [7, 11) is -3.46. The van der Waals surface area contributed by atoms with Gasteiger partial charge in [-0.05, 0) is 43.5 Å². The topological polar surface area (TPSA) is 75.7 Å². The minimum atomic E-state index is -3.46. The summed E-state index contributed by atoms with van der Waals surface area (Å²) in [6, 6.07) is 5.05. The molecule has 0 unspecified atom stereocenters. The average Bonchev–Trinajstić information content (AvgIpc) is 2.52. The molecule has 1 fully saturated rings. The molecule has 6 nitrogen and oxygen atoms in total. The molecule has 0 aromatic heterocycles. The lowest BCUT2D eigenvalue weighted by molar-refractivity contribution is -0.127. The van der Waals surface area contributed by atoms with Crippen molar-refractivity contribution >= 4 is 33.2 Å². The number of ether oxygens (including phenoxy) is 1. The van der Waals surface area contributed by atoms with E-state index in [9.17, 15) is 13.2 Å². The van der Waals surface area contributed by atoms with Crippen LogP contribution in [0.2, 0.25) is 5.02 Å². The first-order chi connectivity index (χ1) is 11.3. The van der Waals surface area contributed by atoms with Crippen molar-refractivity contribution in [1.29, 1.82) is 0 Å². The zero-order valence-electron chi connectivity index (χ0n) is 13.9. The summed E-state index contributed by atoms with van der Waals surface area (Å²) in [6.45, 7) is 3.43. The molecule has 1 aliphatic rings. The summed E-state index contributed by atoms with van der Waals surface area (Å²) in [4.78, 5) is 12.1. The first-order valence-corrected chi connectivity index (χ1v) is 10.1. The molecule has 1 saturated heterocycles. The van der Waals surface area contributed by atoms with Crippen molar-refractivity contribution < 1.29 is 17.9 Å². The van der Waals surface area contributed by atoms with Crippen LogP contribution < -0.4 is 9.62 Å². The van der Waals surface area contributed by atoms with Gasteiger partial charge in [-0.2, -0.15) is 0 Å². The SMILES string of the molecule is Cc1cc(Cl)ccc1N(CCNC(=O)C1CCOCC1)S(C)(=O)=O. The first-order valence-electron chi connectivity index (χ1n) is 7.88. The van der Waals surface area contributed by atoms with Crippen LogP contribution in [-0.2, 0) is 19.6 Å². The van der Waals surface area contributed by atoms with Gasteiger partial charge >= 0.3 is 0 Å². The number of hydrogen-bond donors (Lipinski definition) is 1. The number of carbonyl (C=O) groups is 1. The maximum atomic E-state index is 12.1. The van der Waals surface area contributed by atoms with Gasteiger partial charge in [-0.1, -0.05) is 11.6 Å². The molecule has 0 aliphatic carbocycles. The zero-order chi connectivity index (χ0) is 17.7. The van der Waals surface area contributed by atoms with Crippen LogP contribution in [0.5, 0.6) is 0 Å². The van der Waals surface area contributed by atoms with E-state index in [-0.39, 0.29) is 24.9 Å². The fourth-order valence-corrected chi connectivity index (χ4v) is 3.96. The fraction of sp³-hybridized carbons (Fsp3) is 0.562. The third-order valence-corrected chi connectivity index (χ3v) is 5.45. The largest absolute Gasteiger partial charge is 0.381 e. The van der Waals surface area contributed by atoms with Gasteiger partial charge in [0.15, 0.2) is 0 Å². The molecule has 8 heteroatoms. The van der Waals surface area contributed by atoms with Gasteiger partial charge in [0.2, 0.25) is 15.9 Å². The molecule has 0 radical (unpaired) electrons. The normalized spacial score (nSPS) is 16.0. The van der Waals surface area contributed by atoms with E-state index in [4.69, 9.17) is 16.3 Å². The summed E-state index contributed by atoms with van der Waals surface area (Å²) in [5.74, 6) is -0.0951. The maximum Gasteiger partial charge on any atom is 0.232 e. The van der Waals surface area contributed by atoms with Crippen molar-refractivity contribution in [1.82, 2.24) is 5.32 Å². The predicted molar refractivity (Wildman–Crippen MR) is 94.9 cm³/mol. The molecular weight excluding hydrogens is 352 g/mol. The molecule has 0 atom stereocenters. The van der Waals surface area contributed by atoms with Crippen molar-refractivity contribution in [3.05, 3.63) is 28.8 Å². The molecule has 2 rings (SSSR count). The fourth-order valence-electron chi connectivity index (χ4n) is 2.75. The van der Waals surface area contributed by atoms with Crippen LogP contribution in [0, 0.1) is 12.8 Å². The molecule has 1 N–H and O–H groups in total. The second kappa shape index (κ2) is 8.18. The van der Waals surface area contributed by atoms with Gasteiger partial charge in [-0.25, -0.2) is 8.42 Å². The summed E-state index contributed by atoms with van der Waals surface area (Å²) < 4.78 is 30.8. The third-order valence-electron chi connectivity index (χ3n) is 4.03. The van der Waals surface area contributed by atoms with E-state index in [2.05, 4.69) is 5.32 Å². The minimum absolute atomic E-state index is 0.0421. The Balaban J connectivity index is 2.01. The lowest BCUT2D eigenvalue weighted by atomic mass is 9.99. The Morgan fingerprint density at radius 2 is 2.04 bits per heavy atom. The summed E-state index contributed by atoms with van der Waals surface area (Å²) in [5, 5.41) is 3.38. The standard InChI is InChI=1S/C16H23ClN2O4S/c1-12-11-14(17)3-4-15(12)19(24(2,21)22)8-7-18-16(20)13-5-9-23-10-6-13/h3-4,11,13H,5-10H2,1-2H3,(H,18,20). The van der Waals surface area contributed by atoms with Crippen molar-refractivity contribution in [3.63, 3.8) is 0 Å². The van der Waals surface area contributed by atoms with Gasteiger partial charge < -0.3 is 10.1 Å². The smallest absolute Gasteiger partial charge is 0.232 e. The molecule has 1 aliphatic heterocycles. The number of carbonyl (C=O) groups excluding carboxylic acids is 1. The van der Waals surface area contributed by atoms with Crippen LogP contribution in [0.4, 0.5) is 5.69 Å². The number of sulfonamides is 1. The highest BCUT2D eigenvalue weighted by atomic mass is 35.5. The van der Waals surface area contributed by atoms with E-state index in [0.29, 0.717) is 36.8 Å². The van der Waals surface area contributed by atoms with Crippen LogP contribution in [-0.4, -0.2) is 46.9 Å². The number of aryl methyl sites for hydroxylation is 1. The highest BCUT2D eigenvalue weighted by Crippen LogP contribution is 2.25. The molecule has 0 saturated carbocycles. The second-order valence-electron chi connectivity index (χ2n) is 5.94. The zero-order valence-corrected chi connectivity index (χ0v) is 15.5. The van der Waals surface area contributed by atoms with E-state index in [1.54, 1.807) is 25.1 Å². The van der Waals surface area contributed by atoms with Crippen LogP contribution >= 0.6 is 11.6 Å². The lowest BCUT2D eigenvalue weighted by Gasteiger charge is -2.25. The first kappa shape index (κ1) is 19.0. The summed E-state index contributed by atoms with van der Waals surface area (Å²) in [6.07, 6.45) is 2.57. The van der Waals surface area contributed by atoms with E-state index >= 15 is 0 Å². The number of rotatable bonds is 6. The monoisotopic (exact) mass is 374 g/mol. The van der Waals surface area contributed by atoms with Gasteiger partial charge in [-0.3, -0.25) is 9.10 Å². The Kier molecular flexibility index (Phi) is 6.48. The van der Waals surface area contributed by atoms with Crippen molar-refractivity contribution in [2.45, 2.75) is 19.8 Å². The number of hydrogen-bond acceptors (Lipinski definition) is 4. The lowest BCUT2D eigenvalue weighted by Crippen LogP contribution is -2.41. The van der Waals surface area contributed by atoms with Crippen LogP contribution in [0.15, 0.2) is 18.2 Å². The molecule has 0 bridgehead atoms. The molecule has 1 aromatic rings. The molecular formula is C16H23ClN2O4S. The predicted octanol–water partition coefficient (Wildman–Crippen LogP) is 1.96. The number of nitrogens with one attached hydrogen (secondary N) is 1. The second-order valence-corrected chi connectivity index (χ2v) is 8.29. The Morgan fingerprint density at radius 1 is 1.38 bits per heavy atom. The van der Waals surface area contributed by atoms with Crippen LogP contribution in [0.3, 0.4) is 0 Å². The summed E-state index contributed by atoms with van der Waals surface area (Å²) in [5.41, 5.74) is 1.34. The molecule has 1 heterocycles. The van der Waals surface area contributed by atoms with Gasteiger partial charge in [0, 0.05) is 30.7 Å². The number of benzene rings is 1. The summed E-state index contributed by atoms with van der Waals surface area (Å²) >= 11 is 5.93. The van der Waals surface area contributed by atoms with Crippen molar-refractivity contribution in [2.24, 2.45) is 5.92 Å². The van der Waals surface area contributed by atoms with E-state index in [0.717, 1.165) is 11.8 Å². The third kappa shape index (κ3) is 5.09. The highest BCUT2D eigenvalue weighted by molar-refractivity contribution is 7.92. The molecule has 134 valence electrons. The Hall–Kier alpha value is -1.31. The van der Waals surface area contributed by atoms with Gasteiger partial charge in [0.1, 0.15) is 0 Å². The van der Waals surface area contributed by atoms with Gasteiger partial charge in [0.05, 0.1) is 18.5 Å². The Bertz CT molecular complexity index is 687. The molecule has 1 amide bonds. The Morgan fingerprint density at radius 3 is 2.62 bits per heavy atom. The molecule has 24 heavy (non-hydrogen) atoms. The average molecular weight is 375 g/mol. The van der Waals surface area contributed by atoms with Gasteiger partial charge in [0.25, 0.3) is 0 Å². The number of amides is 1. The molecule has 1 aromatic carbocycles. The van der Waals surface area contributed by atoms with Crippen molar-refractivity contribution in [2.75, 3.05) is 36.9 Å².